The summed E-state index contributed by atoms with van der Waals surface area (Å²) >= 11 is 1.73. The number of fused-ring (bicyclic) bond motifs is 2. The molecule has 1 amide bonds. The molecule has 4 rings (SSSR count). The maximum absolute atomic E-state index is 12.8. The highest BCUT2D eigenvalue weighted by atomic mass is 35.5. The number of aliphatic hydroxyl groups excluding tert-OH is 1. The normalized spacial score (nSPS) is 24.7. The molecule has 3 heterocycles. The van der Waals surface area contributed by atoms with E-state index in [1.54, 1.807) is 11.3 Å². The quantitative estimate of drug-likeness (QED) is 0.750. The first kappa shape index (κ1) is 22.5. The van der Waals surface area contributed by atoms with Gasteiger partial charge in [0, 0.05) is 37.5 Å². The van der Waals surface area contributed by atoms with Crippen LogP contribution in [0.3, 0.4) is 0 Å². The SMILES string of the molecule is CC(C)N1CC[C@@H]2CN(C(=O)CCCc3nc4ccccc4s3)C[C@]2(CO)C1.Cl. The molecule has 2 aromatic rings. The fourth-order valence-electron chi connectivity index (χ4n) is 4.85. The number of para-hydroxylation sites is 1. The fourth-order valence-corrected chi connectivity index (χ4v) is 5.86. The number of aromatic nitrogens is 1. The third-order valence-corrected chi connectivity index (χ3v) is 7.71. The van der Waals surface area contributed by atoms with Crippen molar-refractivity contribution < 1.29 is 9.90 Å². The molecule has 2 saturated heterocycles. The van der Waals surface area contributed by atoms with Crippen LogP contribution < -0.4 is 0 Å². The van der Waals surface area contributed by atoms with E-state index in [1.807, 2.05) is 23.1 Å². The van der Waals surface area contributed by atoms with Gasteiger partial charge in [-0.15, -0.1) is 23.7 Å². The summed E-state index contributed by atoms with van der Waals surface area (Å²) in [7, 11) is 0. The summed E-state index contributed by atoms with van der Waals surface area (Å²) in [6, 6.07) is 8.68. The Morgan fingerprint density at radius 3 is 2.86 bits per heavy atom. The highest BCUT2D eigenvalue weighted by Gasteiger charge is 2.50. The number of carbonyl (C=O) groups excluding carboxylic acids is 1. The summed E-state index contributed by atoms with van der Waals surface area (Å²) in [5.74, 6) is 0.667. The van der Waals surface area contributed by atoms with E-state index in [-0.39, 0.29) is 30.3 Å². The molecule has 2 aliphatic heterocycles. The van der Waals surface area contributed by atoms with Gasteiger partial charge in [-0.2, -0.15) is 0 Å². The van der Waals surface area contributed by atoms with Gasteiger partial charge < -0.3 is 14.9 Å². The minimum absolute atomic E-state index is 0. The molecule has 0 bridgehead atoms. The van der Waals surface area contributed by atoms with Crippen molar-refractivity contribution in [2.45, 2.75) is 45.6 Å². The number of carbonyl (C=O) groups is 1. The Kier molecular flexibility index (Phi) is 7.20. The van der Waals surface area contributed by atoms with Gasteiger partial charge in [0.1, 0.15) is 0 Å². The topological polar surface area (TPSA) is 56.7 Å². The van der Waals surface area contributed by atoms with Crippen LogP contribution in [-0.2, 0) is 11.2 Å². The number of piperidine rings is 1. The molecular formula is C22H32ClN3O2S. The second kappa shape index (κ2) is 9.29. The number of rotatable bonds is 6. The lowest BCUT2D eigenvalue weighted by Crippen LogP contribution is -2.52. The number of hydrogen-bond acceptors (Lipinski definition) is 5. The molecule has 2 fully saturated rings. The molecule has 1 aromatic heterocycles. The number of nitrogens with zero attached hydrogens (tertiary/aromatic N) is 3. The van der Waals surface area contributed by atoms with E-state index in [4.69, 9.17) is 0 Å². The molecule has 160 valence electrons. The van der Waals surface area contributed by atoms with Crippen LogP contribution >= 0.6 is 23.7 Å². The van der Waals surface area contributed by atoms with E-state index in [0.717, 1.165) is 49.4 Å². The molecule has 2 atom stereocenters. The number of likely N-dealkylation sites (tertiary alicyclic amines) is 2. The van der Waals surface area contributed by atoms with Crippen molar-refractivity contribution in [2.75, 3.05) is 32.8 Å². The first-order valence-corrected chi connectivity index (χ1v) is 11.3. The minimum atomic E-state index is -0.134. The highest BCUT2D eigenvalue weighted by molar-refractivity contribution is 7.18. The van der Waals surface area contributed by atoms with Crippen molar-refractivity contribution in [3.05, 3.63) is 29.3 Å². The first-order valence-electron chi connectivity index (χ1n) is 10.5. The van der Waals surface area contributed by atoms with Crippen LogP contribution in [0.25, 0.3) is 10.2 Å². The van der Waals surface area contributed by atoms with E-state index >= 15 is 0 Å². The van der Waals surface area contributed by atoms with E-state index in [9.17, 15) is 9.90 Å². The molecule has 0 aliphatic carbocycles. The van der Waals surface area contributed by atoms with Crippen LogP contribution in [0.1, 0.15) is 38.1 Å². The van der Waals surface area contributed by atoms with Crippen LogP contribution in [0.4, 0.5) is 0 Å². The van der Waals surface area contributed by atoms with Crippen LogP contribution in [0.2, 0.25) is 0 Å². The minimum Gasteiger partial charge on any atom is -0.396 e. The molecule has 0 spiro atoms. The number of amides is 1. The van der Waals surface area contributed by atoms with Crippen molar-refractivity contribution >= 4 is 39.9 Å². The zero-order valence-electron chi connectivity index (χ0n) is 17.3. The molecule has 2 aliphatic rings. The second-order valence-corrected chi connectivity index (χ2v) is 9.89. The third-order valence-electron chi connectivity index (χ3n) is 6.61. The summed E-state index contributed by atoms with van der Waals surface area (Å²) in [6.07, 6.45) is 3.34. The Balaban J connectivity index is 0.00000240. The smallest absolute Gasteiger partial charge is 0.222 e. The standard InChI is InChI=1S/C22H31N3O2S.ClH/c1-16(2)24-11-10-17-12-25(14-22(17,13-24)15-26)21(27)9-5-8-20-23-18-6-3-4-7-19(18)28-20;/h3-4,6-7,16-17,26H,5,8-15H2,1-2H3;1H/t17-,22+;/m1./s1. The lowest BCUT2D eigenvalue weighted by atomic mass is 9.73. The number of hydrogen-bond donors (Lipinski definition) is 1. The first-order chi connectivity index (χ1) is 13.5. The summed E-state index contributed by atoms with van der Waals surface area (Å²) in [6.45, 7) is 8.10. The maximum Gasteiger partial charge on any atom is 0.222 e. The van der Waals surface area contributed by atoms with Crippen molar-refractivity contribution in [1.82, 2.24) is 14.8 Å². The number of thiazole rings is 1. The van der Waals surface area contributed by atoms with Crippen molar-refractivity contribution in [3.8, 4) is 0 Å². The van der Waals surface area contributed by atoms with Gasteiger partial charge in [-0.3, -0.25) is 4.79 Å². The molecule has 1 N–H and O–H groups in total. The van der Waals surface area contributed by atoms with Crippen LogP contribution in [0, 0.1) is 11.3 Å². The zero-order valence-corrected chi connectivity index (χ0v) is 19.0. The summed E-state index contributed by atoms with van der Waals surface area (Å²) in [5, 5.41) is 11.3. The molecule has 0 unspecified atom stereocenters. The van der Waals surface area contributed by atoms with Gasteiger partial charge in [0.05, 0.1) is 21.8 Å². The van der Waals surface area contributed by atoms with E-state index in [1.165, 1.54) is 4.70 Å². The lowest BCUT2D eigenvalue weighted by molar-refractivity contribution is -0.130. The van der Waals surface area contributed by atoms with E-state index in [0.29, 0.717) is 24.9 Å². The molecule has 0 radical (unpaired) electrons. The molecule has 7 heteroatoms. The van der Waals surface area contributed by atoms with Gasteiger partial charge in [0.2, 0.25) is 5.91 Å². The molecular weight excluding hydrogens is 406 g/mol. The van der Waals surface area contributed by atoms with E-state index in [2.05, 4.69) is 29.8 Å². The van der Waals surface area contributed by atoms with Gasteiger partial charge in [-0.25, -0.2) is 4.98 Å². The lowest BCUT2D eigenvalue weighted by Gasteiger charge is -2.44. The maximum atomic E-state index is 12.8. The molecule has 5 nitrogen and oxygen atoms in total. The van der Waals surface area contributed by atoms with Gasteiger partial charge in [0.25, 0.3) is 0 Å². The Morgan fingerprint density at radius 2 is 2.14 bits per heavy atom. The van der Waals surface area contributed by atoms with Crippen molar-refractivity contribution in [1.29, 1.82) is 0 Å². The van der Waals surface area contributed by atoms with Gasteiger partial charge >= 0.3 is 0 Å². The average molecular weight is 438 g/mol. The summed E-state index contributed by atoms with van der Waals surface area (Å²) < 4.78 is 1.21. The van der Waals surface area contributed by atoms with Gasteiger partial charge in [-0.05, 0) is 57.7 Å². The van der Waals surface area contributed by atoms with Crippen LogP contribution in [-0.4, -0.2) is 64.6 Å². The second-order valence-electron chi connectivity index (χ2n) is 8.77. The van der Waals surface area contributed by atoms with E-state index < -0.39 is 0 Å². The van der Waals surface area contributed by atoms with Gasteiger partial charge in [0.15, 0.2) is 0 Å². The number of aliphatic hydroxyl groups is 1. The van der Waals surface area contributed by atoms with Crippen LogP contribution in [0.15, 0.2) is 24.3 Å². The molecule has 0 saturated carbocycles. The predicted octanol–water partition coefficient (Wildman–Crippen LogP) is 3.59. The molecule has 29 heavy (non-hydrogen) atoms. The van der Waals surface area contributed by atoms with Crippen molar-refractivity contribution in [2.24, 2.45) is 11.3 Å². The zero-order chi connectivity index (χ0) is 19.7. The third kappa shape index (κ3) is 4.61. The highest BCUT2D eigenvalue weighted by Crippen LogP contribution is 2.42. The average Bonchev–Trinajstić information content (AvgIpc) is 3.28. The monoisotopic (exact) mass is 437 g/mol. The fraction of sp³-hybridized carbons (Fsp3) is 0.636. The number of halogens is 1. The Morgan fingerprint density at radius 1 is 1.34 bits per heavy atom. The van der Waals surface area contributed by atoms with Crippen LogP contribution in [0.5, 0.6) is 0 Å². The number of benzene rings is 1. The van der Waals surface area contributed by atoms with Gasteiger partial charge in [-0.1, -0.05) is 12.1 Å². The largest absolute Gasteiger partial charge is 0.396 e. The Hall–Kier alpha value is -1.21. The number of aryl methyl sites for hydroxylation is 1. The Bertz CT molecular complexity index is 809. The van der Waals surface area contributed by atoms with Crippen molar-refractivity contribution in [3.63, 3.8) is 0 Å². The predicted molar refractivity (Wildman–Crippen MR) is 121 cm³/mol. The summed E-state index contributed by atoms with van der Waals surface area (Å²) in [5.41, 5.74) is 0.919. The Labute approximate surface area is 183 Å². The molecule has 1 aromatic carbocycles. The summed E-state index contributed by atoms with van der Waals surface area (Å²) in [4.78, 5) is 22.0.